The van der Waals surface area contributed by atoms with Gasteiger partial charge >= 0.3 is 0 Å². The molecule has 1 fully saturated rings. The molecule has 0 unspecified atom stereocenters. The second-order valence-electron chi connectivity index (χ2n) is 7.95. The van der Waals surface area contributed by atoms with E-state index in [1.165, 1.54) is 35.8 Å². The van der Waals surface area contributed by atoms with E-state index in [2.05, 4.69) is 0 Å². The molecule has 0 saturated carbocycles. The first-order valence-corrected chi connectivity index (χ1v) is 13.8. The first kappa shape index (κ1) is 22.4. The number of nitrogens with zero attached hydrogens (tertiary/aromatic N) is 3. The third-order valence-corrected chi connectivity index (χ3v) is 10.9. The van der Waals surface area contributed by atoms with E-state index >= 15 is 0 Å². The Labute approximate surface area is 187 Å². The lowest BCUT2D eigenvalue weighted by molar-refractivity contribution is -0.123. The summed E-state index contributed by atoms with van der Waals surface area (Å²) in [6.45, 7) is 1.04. The Kier molecular flexibility index (Phi) is 5.99. The molecule has 31 heavy (non-hydrogen) atoms. The predicted octanol–water partition coefficient (Wildman–Crippen LogP) is 1.99. The van der Waals surface area contributed by atoms with Crippen molar-refractivity contribution in [2.75, 3.05) is 38.6 Å². The molecular weight excluding hydrogens is 458 g/mol. The fourth-order valence-corrected chi connectivity index (χ4v) is 7.72. The van der Waals surface area contributed by atoms with Crippen LogP contribution in [0.15, 0.2) is 44.8 Å². The number of hydrogen-bond donors (Lipinski definition) is 0. The summed E-state index contributed by atoms with van der Waals surface area (Å²) in [5.74, 6) is -0.521. The van der Waals surface area contributed by atoms with Crippen molar-refractivity contribution in [2.45, 2.75) is 28.4 Å². The Morgan fingerprint density at radius 2 is 1.90 bits per heavy atom. The molecule has 1 saturated heterocycles. The first-order valence-electron chi connectivity index (χ1n) is 10.0. The van der Waals surface area contributed by atoms with E-state index < -0.39 is 26.0 Å². The number of fused-ring (bicyclic) bond motifs is 1. The van der Waals surface area contributed by atoms with Crippen LogP contribution in [0.4, 0.5) is 5.69 Å². The summed E-state index contributed by atoms with van der Waals surface area (Å²) in [7, 11) is -4.17. The minimum atomic E-state index is -3.59. The number of carbonyl (C=O) groups excluding carboxylic acids is 1. The van der Waals surface area contributed by atoms with E-state index in [-0.39, 0.29) is 17.3 Å². The van der Waals surface area contributed by atoms with Gasteiger partial charge in [-0.05, 0) is 54.5 Å². The molecule has 168 valence electrons. The van der Waals surface area contributed by atoms with Gasteiger partial charge in [-0.25, -0.2) is 21.1 Å². The van der Waals surface area contributed by atoms with Gasteiger partial charge in [0.15, 0.2) is 0 Å². The molecule has 2 aliphatic heterocycles. The van der Waals surface area contributed by atoms with Crippen LogP contribution in [-0.2, 0) is 31.3 Å². The molecule has 2 aromatic rings. The van der Waals surface area contributed by atoms with Crippen LogP contribution < -0.4 is 4.90 Å². The summed E-state index contributed by atoms with van der Waals surface area (Å²) in [5, 5.41) is 1.73. The fourth-order valence-electron chi connectivity index (χ4n) is 4.10. The maximum Gasteiger partial charge on any atom is 0.252 e. The smallest absolute Gasteiger partial charge is 0.252 e. The Morgan fingerprint density at radius 3 is 2.58 bits per heavy atom. The number of carbonyl (C=O) groups is 1. The highest BCUT2D eigenvalue weighted by Crippen LogP contribution is 2.34. The maximum absolute atomic E-state index is 13.3. The van der Waals surface area contributed by atoms with Crippen LogP contribution in [0.25, 0.3) is 0 Å². The number of piperidine rings is 1. The van der Waals surface area contributed by atoms with Gasteiger partial charge in [0.25, 0.3) is 10.0 Å². The molecule has 3 heterocycles. The lowest BCUT2D eigenvalue weighted by Gasteiger charge is -2.33. The lowest BCUT2D eigenvalue weighted by atomic mass is 9.98. The summed E-state index contributed by atoms with van der Waals surface area (Å²) in [6.07, 6.45) is 1.83. The highest BCUT2D eigenvalue weighted by Gasteiger charge is 2.37. The first-order chi connectivity index (χ1) is 14.6. The summed E-state index contributed by atoms with van der Waals surface area (Å²) in [5.41, 5.74) is 1.52. The normalized spacial score (nSPS) is 20.2. The third kappa shape index (κ3) is 4.05. The highest BCUT2D eigenvalue weighted by atomic mass is 32.2. The topological polar surface area (TPSA) is 95.1 Å². The molecule has 1 atom stereocenters. The van der Waals surface area contributed by atoms with Crippen LogP contribution in [0.1, 0.15) is 18.4 Å². The van der Waals surface area contributed by atoms with Crippen LogP contribution in [0, 0.1) is 5.92 Å². The summed E-state index contributed by atoms with van der Waals surface area (Å²) in [4.78, 5) is 15.2. The van der Waals surface area contributed by atoms with Gasteiger partial charge in [0.1, 0.15) is 4.21 Å². The predicted molar refractivity (Wildman–Crippen MR) is 119 cm³/mol. The molecular formula is C20H25N3O5S3. The summed E-state index contributed by atoms with van der Waals surface area (Å²) < 4.78 is 53.4. The average molecular weight is 484 g/mol. The van der Waals surface area contributed by atoms with Gasteiger partial charge in [-0.2, -0.15) is 4.31 Å². The van der Waals surface area contributed by atoms with Gasteiger partial charge in [-0.1, -0.05) is 6.07 Å². The Hall–Kier alpha value is -1.79. The highest BCUT2D eigenvalue weighted by molar-refractivity contribution is 7.91. The molecule has 1 aromatic heterocycles. The monoisotopic (exact) mass is 483 g/mol. The molecule has 11 heteroatoms. The summed E-state index contributed by atoms with van der Waals surface area (Å²) in [6, 6.07) is 8.12. The molecule has 0 aliphatic carbocycles. The van der Waals surface area contributed by atoms with E-state index in [9.17, 15) is 21.6 Å². The van der Waals surface area contributed by atoms with Gasteiger partial charge < -0.3 is 4.90 Å². The number of sulfonamides is 2. The lowest BCUT2D eigenvalue weighted by Crippen LogP contribution is -2.46. The van der Waals surface area contributed by atoms with E-state index in [0.29, 0.717) is 42.2 Å². The molecule has 0 spiro atoms. The van der Waals surface area contributed by atoms with Crippen molar-refractivity contribution in [3.05, 3.63) is 41.3 Å². The maximum atomic E-state index is 13.3. The zero-order valence-electron chi connectivity index (χ0n) is 17.4. The minimum Gasteiger partial charge on any atom is -0.312 e. The van der Waals surface area contributed by atoms with Crippen molar-refractivity contribution in [1.82, 2.24) is 8.61 Å². The largest absolute Gasteiger partial charge is 0.312 e. The quantitative estimate of drug-likeness (QED) is 0.648. The number of rotatable bonds is 5. The zero-order chi connectivity index (χ0) is 22.4. The Bertz CT molecular complexity index is 1190. The number of amides is 1. The molecule has 2 aliphatic rings. The molecule has 0 N–H and O–H groups in total. The fraction of sp³-hybridized carbons (Fsp3) is 0.450. The van der Waals surface area contributed by atoms with Crippen molar-refractivity contribution in [3.8, 4) is 0 Å². The van der Waals surface area contributed by atoms with E-state index in [4.69, 9.17) is 0 Å². The summed E-state index contributed by atoms with van der Waals surface area (Å²) >= 11 is 1.18. The number of hydrogen-bond acceptors (Lipinski definition) is 6. The third-order valence-electron chi connectivity index (χ3n) is 5.81. The second kappa shape index (κ2) is 8.28. The Morgan fingerprint density at radius 1 is 1.13 bits per heavy atom. The number of benzene rings is 1. The van der Waals surface area contributed by atoms with Gasteiger partial charge in [0, 0.05) is 39.4 Å². The number of anilines is 1. The van der Waals surface area contributed by atoms with Gasteiger partial charge in [-0.15, -0.1) is 11.3 Å². The minimum absolute atomic E-state index is 0.104. The van der Waals surface area contributed by atoms with Crippen LogP contribution in [0.3, 0.4) is 0 Å². The van der Waals surface area contributed by atoms with E-state index in [1.807, 2.05) is 0 Å². The molecule has 0 bridgehead atoms. The van der Waals surface area contributed by atoms with Crippen molar-refractivity contribution in [1.29, 1.82) is 0 Å². The Balaban J connectivity index is 1.54. The van der Waals surface area contributed by atoms with Crippen molar-refractivity contribution >= 4 is 43.0 Å². The molecule has 1 amide bonds. The molecule has 4 rings (SSSR count). The van der Waals surface area contributed by atoms with Crippen LogP contribution in [0.5, 0.6) is 0 Å². The van der Waals surface area contributed by atoms with E-state index in [0.717, 1.165) is 9.87 Å². The van der Waals surface area contributed by atoms with Crippen LogP contribution in [0.2, 0.25) is 0 Å². The molecule has 1 aromatic carbocycles. The van der Waals surface area contributed by atoms with Crippen LogP contribution >= 0.6 is 11.3 Å². The average Bonchev–Trinajstić information content (AvgIpc) is 3.43. The molecule has 0 radical (unpaired) electrons. The standard InChI is InChI=1S/C20H25N3O5S3/c1-21(2)30(25,26)17-7-8-18-15(13-17)9-11-23(18)20(24)16-5-3-10-22(14-16)31(27,28)19-6-4-12-29-19/h4,6-8,12-13,16H,3,5,9-11,14H2,1-2H3/t16-/m1/s1. The SMILES string of the molecule is CN(C)S(=O)(=O)c1ccc2c(c1)CCN2C(=O)[C@@H]1CCCN(S(=O)(=O)c2cccs2)C1. The van der Waals surface area contributed by atoms with Crippen molar-refractivity contribution < 1.29 is 21.6 Å². The molecule has 8 nitrogen and oxygen atoms in total. The zero-order valence-corrected chi connectivity index (χ0v) is 19.8. The number of thiophene rings is 1. The van der Waals surface area contributed by atoms with Gasteiger partial charge in [-0.3, -0.25) is 4.79 Å². The van der Waals surface area contributed by atoms with Crippen LogP contribution in [-0.4, -0.2) is 65.1 Å². The van der Waals surface area contributed by atoms with Crippen molar-refractivity contribution in [2.24, 2.45) is 5.92 Å². The van der Waals surface area contributed by atoms with E-state index in [1.54, 1.807) is 34.5 Å². The van der Waals surface area contributed by atoms with Gasteiger partial charge in [0.05, 0.1) is 10.8 Å². The van der Waals surface area contributed by atoms with Crippen molar-refractivity contribution in [3.63, 3.8) is 0 Å². The second-order valence-corrected chi connectivity index (χ2v) is 13.2. The van der Waals surface area contributed by atoms with Gasteiger partial charge in [0.2, 0.25) is 15.9 Å².